The second-order valence-electron chi connectivity index (χ2n) is 6.09. The van der Waals surface area contributed by atoms with Crippen molar-refractivity contribution in [3.63, 3.8) is 0 Å². The van der Waals surface area contributed by atoms with Gasteiger partial charge in [0.1, 0.15) is 0 Å². The first kappa shape index (κ1) is 21.4. The van der Waals surface area contributed by atoms with Crippen LogP contribution in [0, 0.1) is 6.92 Å². The summed E-state index contributed by atoms with van der Waals surface area (Å²) in [5.41, 5.74) is 0.435. The molecule has 0 aliphatic carbocycles. The highest BCUT2D eigenvalue weighted by Crippen LogP contribution is 2.29. The normalized spacial score (nSPS) is 12.3. The second kappa shape index (κ2) is 8.61. The van der Waals surface area contributed by atoms with Crippen molar-refractivity contribution in [2.45, 2.75) is 19.6 Å². The average Bonchev–Trinajstić information content (AvgIpc) is 2.99. The van der Waals surface area contributed by atoms with Crippen molar-refractivity contribution in [1.82, 2.24) is 9.88 Å². The SMILES string of the molecule is Cc1cn(-c2ccc(C(F)(F)F)cc2)/c(=N/C(=O)NCc2cc(Cl)cc(Cl)c2)s1. The number of thiazole rings is 1. The van der Waals surface area contributed by atoms with Crippen molar-refractivity contribution < 1.29 is 18.0 Å². The first-order valence-electron chi connectivity index (χ1n) is 8.26. The number of nitrogens with zero attached hydrogens (tertiary/aromatic N) is 2. The molecule has 0 bridgehead atoms. The van der Waals surface area contributed by atoms with Crippen molar-refractivity contribution in [2.75, 3.05) is 0 Å². The predicted octanol–water partition coefficient (Wildman–Crippen LogP) is 5.98. The van der Waals surface area contributed by atoms with Gasteiger partial charge in [-0.05, 0) is 55.0 Å². The third-order valence-electron chi connectivity index (χ3n) is 3.81. The summed E-state index contributed by atoms with van der Waals surface area (Å²) in [6.07, 6.45) is -2.71. The Morgan fingerprint density at radius 1 is 1.14 bits per heavy atom. The smallest absolute Gasteiger partial charge is 0.332 e. The van der Waals surface area contributed by atoms with E-state index < -0.39 is 17.8 Å². The summed E-state index contributed by atoms with van der Waals surface area (Å²) in [6, 6.07) is 8.98. The minimum absolute atomic E-state index is 0.174. The average molecular weight is 460 g/mol. The highest BCUT2D eigenvalue weighted by molar-refractivity contribution is 7.09. The summed E-state index contributed by atoms with van der Waals surface area (Å²) in [6.45, 7) is 1.99. The molecule has 29 heavy (non-hydrogen) atoms. The van der Waals surface area contributed by atoms with E-state index in [1.165, 1.54) is 23.5 Å². The minimum atomic E-state index is -4.41. The van der Waals surface area contributed by atoms with E-state index in [4.69, 9.17) is 23.2 Å². The van der Waals surface area contributed by atoms with E-state index in [2.05, 4.69) is 10.3 Å². The van der Waals surface area contributed by atoms with Crippen LogP contribution in [0.25, 0.3) is 5.69 Å². The summed E-state index contributed by atoms with van der Waals surface area (Å²) in [5, 5.41) is 3.54. The molecule has 0 spiro atoms. The molecule has 0 saturated carbocycles. The number of aryl methyl sites for hydroxylation is 1. The first-order chi connectivity index (χ1) is 13.6. The van der Waals surface area contributed by atoms with Crippen LogP contribution in [0.5, 0.6) is 0 Å². The highest BCUT2D eigenvalue weighted by Gasteiger charge is 2.30. The maximum atomic E-state index is 12.8. The van der Waals surface area contributed by atoms with Gasteiger partial charge in [0, 0.05) is 33.4 Å². The van der Waals surface area contributed by atoms with Gasteiger partial charge in [-0.2, -0.15) is 18.2 Å². The minimum Gasteiger partial charge on any atom is -0.332 e. The molecule has 0 aliphatic heterocycles. The molecule has 2 amide bonds. The lowest BCUT2D eigenvalue weighted by molar-refractivity contribution is -0.137. The Bertz CT molecular complexity index is 1080. The second-order valence-corrected chi connectivity index (χ2v) is 8.17. The van der Waals surface area contributed by atoms with Crippen LogP contribution in [0.15, 0.2) is 53.7 Å². The summed E-state index contributed by atoms with van der Waals surface area (Å²) < 4.78 is 39.8. The van der Waals surface area contributed by atoms with Gasteiger partial charge < -0.3 is 5.32 Å². The Morgan fingerprint density at radius 2 is 1.76 bits per heavy atom. The molecule has 0 fully saturated rings. The Morgan fingerprint density at radius 3 is 2.34 bits per heavy atom. The molecule has 4 nitrogen and oxygen atoms in total. The third kappa shape index (κ3) is 5.62. The number of nitrogens with one attached hydrogen (secondary N) is 1. The van der Waals surface area contributed by atoms with E-state index in [9.17, 15) is 18.0 Å². The van der Waals surface area contributed by atoms with Crippen LogP contribution < -0.4 is 10.1 Å². The fourth-order valence-corrected chi connectivity index (χ4v) is 3.95. The number of rotatable bonds is 3. The molecule has 1 N–H and O–H groups in total. The fourth-order valence-electron chi connectivity index (χ4n) is 2.55. The zero-order valence-electron chi connectivity index (χ0n) is 14.9. The summed E-state index contributed by atoms with van der Waals surface area (Å²) >= 11 is 13.1. The molecular weight excluding hydrogens is 446 g/mol. The number of amides is 2. The molecule has 0 aliphatic rings. The molecule has 0 atom stereocenters. The number of benzene rings is 2. The zero-order chi connectivity index (χ0) is 21.2. The van der Waals surface area contributed by atoms with Crippen molar-refractivity contribution in [1.29, 1.82) is 0 Å². The topological polar surface area (TPSA) is 46.4 Å². The monoisotopic (exact) mass is 459 g/mol. The molecule has 3 rings (SSSR count). The number of hydrogen-bond acceptors (Lipinski definition) is 2. The van der Waals surface area contributed by atoms with E-state index in [1.54, 1.807) is 29.0 Å². The van der Waals surface area contributed by atoms with Crippen LogP contribution in [0.1, 0.15) is 16.0 Å². The molecule has 1 aromatic heterocycles. The summed E-state index contributed by atoms with van der Waals surface area (Å²) in [7, 11) is 0. The van der Waals surface area contributed by atoms with E-state index in [0.29, 0.717) is 26.1 Å². The molecule has 2 aromatic carbocycles. The Hall–Kier alpha value is -2.29. The third-order valence-corrected chi connectivity index (χ3v) is 5.14. The summed E-state index contributed by atoms with van der Waals surface area (Å²) in [4.78, 5) is 17.4. The van der Waals surface area contributed by atoms with Crippen LogP contribution in [0.3, 0.4) is 0 Å². The number of halogens is 5. The Kier molecular flexibility index (Phi) is 6.36. The van der Waals surface area contributed by atoms with Gasteiger partial charge in [-0.3, -0.25) is 4.57 Å². The molecule has 0 unspecified atom stereocenters. The molecule has 0 radical (unpaired) electrons. The number of urea groups is 1. The van der Waals surface area contributed by atoms with E-state index in [1.807, 2.05) is 6.92 Å². The van der Waals surface area contributed by atoms with Crippen molar-refractivity contribution >= 4 is 40.6 Å². The van der Waals surface area contributed by atoms with Gasteiger partial charge >= 0.3 is 12.2 Å². The van der Waals surface area contributed by atoms with Gasteiger partial charge in [-0.15, -0.1) is 11.3 Å². The van der Waals surface area contributed by atoms with E-state index in [0.717, 1.165) is 17.0 Å². The van der Waals surface area contributed by atoms with Crippen molar-refractivity contribution in [3.05, 3.63) is 79.5 Å². The molecular formula is C19H14Cl2F3N3OS. The fraction of sp³-hybridized carbons (Fsp3) is 0.158. The lowest BCUT2D eigenvalue weighted by atomic mass is 10.2. The number of alkyl halides is 3. The Balaban J connectivity index is 1.82. The number of hydrogen-bond donors (Lipinski definition) is 1. The van der Waals surface area contributed by atoms with Gasteiger partial charge in [0.2, 0.25) is 0 Å². The van der Waals surface area contributed by atoms with Gasteiger partial charge in [-0.1, -0.05) is 23.2 Å². The number of carbonyl (C=O) groups is 1. The lowest BCUT2D eigenvalue weighted by Gasteiger charge is -2.08. The van der Waals surface area contributed by atoms with Crippen LogP contribution in [0.2, 0.25) is 10.0 Å². The van der Waals surface area contributed by atoms with Gasteiger partial charge in [0.05, 0.1) is 5.56 Å². The lowest BCUT2D eigenvalue weighted by Crippen LogP contribution is -2.23. The van der Waals surface area contributed by atoms with Crippen molar-refractivity contribution in [2.24, 2.45) is 4.99 Å². The quantitative estimate of drug-likeness (QED) is 0.514. The maximum Gasteiger partial charge on any atom is 0.416 e. The number of aromatic nitrogens is 1. The maximum absolute atomic E-state index is 12.8. The Labute approximate surface area is 178 Å². The van der Waals surface area contributed by atoms with Crippen LogP contribution >= 0.6 is 34.5 Å². The van der Waals surface area contributed by atoms with Gasteiger partial charge in [0.25, 0.3) is 0 Å². The van der Waals surface area contributed by atoms with Crippen LogP contribution in [-0.4, -0.2) is 10.6 Å². The van der Waals surface area contributed by atoms with Crippen LogP contribution in [-0.2, 0) is 12.7 Å². The number of carbonyl (C=O) groups excluding carboxylic acids is 1. The van der Waals surface area contributed by atoms with Gasteiger partial charge in [0.15, 0.2) is 4.80 Å². The van der Waals surface area contributed by atoms with Gasteiger partial charge in [-0.25, -0.2) is 4.79 Å². The van der Waals surface area contributed by atoms with E-state index in [-0.39, 0.29) is 6.54 Å². The largest absolute Gasteiger partial charge is 0.416 e. The molecule has 10 heteroatoms. The highest BCUT2D eigenvalue weighted by atomic mass is 35.5. The molecule has 3 aromatic rings. The standard InChI is InChI=1S/C19H14Cl2F3N3OS/c1-11-10-27(16-4-2-13(3-5-16)19(22,23)24)18(29-11)26-17(28)25-9-12-6-14(20)8-15(21)7-12/h2-8,10H,9H2,1H3,(H,25,28)/b26-18-. The summed E-state index contributed by atoms with van der Waals surface area (Å²) in [5.74, 6) is 0. The van der Waals surface area contributed by atoms with Crippen molar-refractivity contribution in [3.8, 4) is 5.69 Å². The first-order valence-corrected chi connectivity index (χ1v) is 9.83. The van der Waals surface area contributed by atoms with E-state index >= 15 is 0 Å². The molecule has 1 heterocycles. The zero-order valence-corrected chi connectivity index (χ0v) is 17.3. The molecule has 0 saturated heterocycles. The van der Waals surface area contributed by atoms with Crippen LogP contribution in [0.4, 0.5) is 18.0 Å². The predicted molar refractivity (Wildman–Crippen MR) is 108 cm³/mol. The molecule has 152 valence electrons.